The summed E-state index contributed by atoms with van der Waals surface area (Å²) in [4.78, 5) is 0. The van der Waals surface area contributed by atoms with Gasteiger partial charge in [0.05, 0.1) is 0 Å². The molecule has 6 heavy (non-hydrogen) atoms. The summed E-state index contributed by atoms with van der Waals surface area (Å²) < 4.78 is 0. The molecular formula is H3AlHfNbTaTiZr. The summed E-state index contributed by atoms with van der Waals surface area (Å²) in [6, 6.07) is 0. The van der Waals surface area contributed by atoms with Crippen molar-refractivity contribution < 1.29 is 119 Å². The molecule has 0 atom stereocenters. The van der Waals surface area contributed by atoms with Gasteiger partial charge in [-0.25, -0.2) is 0 Å². The molecule has 0 heterocycles. The van der Waals surface area contributed by atoms with E-state index in [1.807, 2.05) is 0 Å². The first kappa shape index (κ1) is 46.9. The fourth-order valence-electron chi connectivity index (χ4n) is 0. The summed E-state index contributed by atoms with van der Waals surface area (Å²) in [7, 11) is 0. The predicted molar refractivity (Wildman–Crippen MR) is 9.94 cm³/mol. The zero-order chi connectivity index (χ0) is 0. The average molecular weight is 621 g/mol. The maximum atomic E-state index is 0. The topological polar surface area (TPSA) is 0 Å². The standard InChI is InChI=1S/Al.Hf.Nb.Ta.Ti.Zr.3H. The van der Waals surface area contributed by atoms with Crippen LogP contribution in [0.1, 0.15) is 0 Å². The minimum Gasteiger partial charge on any atom is 0 e. The van der Waals surface area contributed by atoms with Gasteiger partial charge in [-0.2, -0.15) is 0 Å². The molecule has 0 bridgehead atoms. The summed E-state index contributed by atoms with van der Waals surface area (Å²) in [6.07, 6.45) is 0. The van der Waals surface area contributed by atoms with Crippen molar-refractivity contribution in [2.24, 2.45) is 0 Å². The first-order chi connectivity index (χ1) is 0. The van der Waals surface area contributed by atoms with Crippen molar-refractivity contribution in [3.8, 4) is 0 Å². The molecule has 28 valence electrons. The maximum absolute atomic E-state index is 0. The molecule has 0 rings (SSSR count). The summed E-state index contributed by atoms with van der Waals surface area (Å²) >= 11 is 0. The second-order valence-electron chi connectivity index (χ2n) is 0. The van der Waals surface area contributed by atoms with Crippen molar-refractivity contribution in [1.82, 2.24) is 0 Å². The Morgan fingerprint density at radius 2 is 1.00 bits per heavy atom. The average Bonchev–Trinajstić information content (AvgIpc) is 0. The zero-order valence-electron chi connectivity index (χ0n) is 2.39. The van der Waals surface area contributed by atoms with Gasteiger partial charge in [0.15, 0.2) is 17.4 Å². The Balaban J connectivity index is 0. The minimum atomic E-state index is 0. The van der Waals surface area contributed by atoms with E-state index in [2.05, 4.69) is 0 Å². The van der Waals surface area contributed by atoms with E-state index in [0.717, 1.165) is 0 Å². The Hall–Kier alpha value is 4.48. The molecule has 0 nitrogen and oxygen atoms in total. The van der Waals surface area contributed by atoms with E-state index in [1.54, 1.807) is 0 Å². The monoisotopic (exact) mass is 622 g/mol. The smallest absolute Gasteiger partial charge is 0 e. The van der Waals surface area contributed by atoms with Gasteiger partial charge in [-0.1, -0.05) is 0 Å². The number of rotatable bonds is 0. The van der Waals surface area contributed by atoms with Crippen LogP contribution in [-0.4, -0.2) is 17.4 Å². The Labute approximate surface area is 133 Å². The van der Waals surface area contributed by atoms with E-state index in [9.17, 15) is 0 Å². The van der Waals surface area contributed by atoms with Crippen LogP contribution < -0.4 is 0 Å². The van der Waals surface area contributed by atoms with Crippen molar-refractivity contribution in [3.05, 3.63) is 0 Å². The molecule has 0 aliphatic rings. The van der Waals surface area contributed by atoms with Crippen molar-refractivity contribution in [1.29, 1.82) is 0 Å². The van der Waals surface area contributed by atoms with Gasteiger partial charge in [-0.3, -0.25) is 0 Å². The molecule has 0 aliphatic heterocycles. The molecule has 0 spiro atoms. The molecule has 0 saturated carbocycles. The van der Waals surface area contributed by atoms with Crippen molar-refractivity contribution in [2.75, 3.05) is 0 Å². The van der Waals surface area contributed by atoms with E-state index in [0.29, 0.717) is 0 Å². The fraction of sp³-hybridized carbons (Fsp3) is 0. The molecular weight excluding hydrogens is 618 g/mol. The minimum absolute atomic E-state index is 0. The van der Waals surface area contributed by atoms with E-state index in [-0.39, 0.29) is 136 Å². The summed E-state index contributed by atoms with van der Waals surface area (Å²) in [5.41, 5.74) is 0. The van der Waals surface area contributed by atoms with Gasteiger partial charge >= 0.3 is 0 Å². The van der Waals surface area contributed by atoms with Crippen molar-refractivity contribution >= 4 is 17.4 Å². The first-order valence-electron chi connectivity index (χ1n) is 0. The van der Waals surface area contributed by atoms with E-state index in [1.165, 1.54) is 0 Å². The third-order valence-electron chi connectivity index (χ3n) is 0. The molecule has 0 aromatic carbocycles. The Kier molecular flexibility index (Phi) is 266. The molecule has 2 radical (unpaired) electrons. The van der Waals surface area contributed by atoms with E-state index < -0.39 is 0 Å². The largest absolute Gasteiger partial charge is 0.187 e. The predicted octanol–water partition coefficient (Wildman–Crippen LogP) is -1.20. The quantitative estimate of drug-likeness (QED) is 0.299. The van der Waals surface area contributed by atoms with Crippen LogP contribution in [0, 0.1) is 0 Å². The Morgan fingerprint density at radius 3 is 1.00 bits per heavy atom. The summed E-state index contributed by atoms with van der Waals surface area (Å²) in [6.45, 7) is 0. The number of hydrogen-bond donors (Lipinski definition) is 0. The normalized spacial score (nSPS) is 0. The van der Waals surface area contributed by atoms with Gasteiger partial charge in [0, 0.05) is 119 Å². The van der Waals surface area contributed by atoms with Crippen molar-refractivity contribution in [3.63, 3.8) is 0 Å². The van der Waals surface area contributed by atoms with Crippen LogP contribution in [0.2, 0.25) is 0 Å². The van der Waals surface area contributed by atoms with Crippen LogP contribution in [0.5, 0.6) is 0 Å². The Morgan fingerprint density at radius 1 is 1.00 bits per heavy atom. The molecule has 6 heteroatoms. The Bertz CT molecular complexity index is 15.5. The van der Waals surface area contributed by atoms with Gasteiger partial charge in [0.2, 0.25) is 0 Å². The van der Waals surface area contributed by atoms with Gasteiger partial charge in [0.1, 0.15) is 0 Å². The van der Waals surface area contributed by atoms with Crippen molar-refractivity contribution in [2.45, 2.75) is 0 Å². The first-order valence-corrected chi connectivity index (χ1v) is 0. The second-order valence-corrected chi connectivity index (χ2v) is 0. The molecule has 0 unspecified atom stereocenters. The van der Waals surface area contributed by atoms with Crippen LogP contribution in [0.3, 0.4) is 0 Å². The summed E-state index contributed by atoms with van der Waals surface area (Å²) in [5.74, 6) is 0. The molecule has 0 amide bonds. The summed E-state index contributed by atoms with van der Waals surface area (Å²) in [5, 5.41) is 0. The number of hydrogen-bond acceptors (Lipinski definition) is 0. The van der Waals surface area contributed by atoms with Gasteiger partial charge in [-0.15, -0.1) is 0 Å². The van der Waals surface area contributed by atoms with E-state index >= 15 is 0 Å². The molecule has 0 saturated heterocycles. The second kappa shape index (κ2) is 34.0. The molecule has 0 aromatic heterocycles. The van der Waals surface area contributed by atoms with Gasteiger partial charge in [0.25, 0.3) is 0 Å². The third-order valence-corrected chi connectivity index (χ3v) is 0. The van der Waals surface area contributed by atoms with Crippen LogP contribution in [0.25, 0.3) is 0 Å². The van der Waals surface area contributed by atoms with Gasteiger partial charge < -0.3 is 0 Å². The molecule has 0 aliphatic carbocycles. The van der Waals surface area contributed by atoms with Gasteiger partial charge in [-0.05, 0) is 0 Å². The van der Waals surface area contributed by atoms with Crippen LogP contribution in [0.4, 0.5) is 0 Å². The van der Waals surface area contributed by atoms with Crippen LogP contribution >= 0.6 is 0 Å². The fourth-order valence-corrected chi connectivity index (χ4v) is 0. The molecule has 0 N–H and O–H groups in total. The molecule has 0 aromatic rings. The third kappa shape index (κ3) is 23.6. The zero-order valence-corrected chi connectivity index (χ0v) is 15.4. The van der Waals surface area contributed by atoms with Crippen LogP contribution in [-0.2, 0) is 119 Å². The maximum Gasteiger partial charge on any atom is 0.187 e. The molecule has 0 fully saturated rings. The van der Waals surface area contributed by atoms with Crippen LogP contribution in [0.15, 0.2) is 0 Å². The SMILES string of the molecule is [AlH3].[Hf].[Nb].[Ta].[Ti].[Zr]. The van der Waals surface area contributed by atoms with E-state index in [4.69, 9.17) is 0 Å².